The first-order valence-electron chi connectivity index (χ1n) is 8.58. The van der Waals surface area contributed by atoms with Gasteiger partial charge in [-0.25, -0.2) is 4.98 Å². The average Bonchev–Trinajstić information content (AvgIpc) is 3.11. The fourth-order valence-electron chi connectivity index (χ4n) is 2.72. The molecule has 0 saturated carbocycles. The number of amides is 1. The van der Waals surface area contributed by atoms with E-state index in [2.05, 4.69) is 15.0 Å². The smallest absolute Gasteiger partial charge is 0.387 e. The predicted octanol–water partition coefficient (Wildman–Crippen LogP) is 3.94. The van der Waals surface area contributed by atoms with Crippen molar-refractivity contribution in [3.8, 4) is 5.75 Å². The Hall–Kier alpha value is -3.48. The van der Waals surface area contributed by atoms with E-state index in [4.69, 9.17) is 0 Å². The number of hydrogen-bond acceptors (Lipinski definition) is 3. The molecule has 1 atom stereocenters. The standard InChI is InChI=1S/C21H19F2N3O2/c1-26-14-13-24-20(26)19(16-5-3-2-4-6-16)25-18(27)12-9-15-7-10-17(11-8-15)28-21(22)23/h2-14,19,21H,1H3,(H,25,27)/b12-9+. The maximum atomic E-state index is 12.5. The van der Waals surface area contributed by atoms with Crippen molar-refractivity contribution >= 4 is 12.0 Å². The minimum absolute atomic E-state index is 0.0653. The van der Waals surface area contributed by atoms with Gasteiger partial charge < -0.3 is 14.6 Å². The van der Waals surface area contributed by atoms with Crippen LogP contribution in [0.4, 0.5) is 8.78 Å². The fraction of sp³-hybridized carbons (Fsp3) is 0.143. The molecule has 0 aliphatic heterocycles. The van der Waals surface area contributed by atoms with Crippen LogP contribution in [0.5, 0.6) is 5.75 Å². The second-order valence-electron chi connectivity index (χ2n) is 6.03. The number of aromatic nitrogens is 2. The number of nitrogens with one attached hydrogen (secondary N) is 1. The van der Waals surface area contributed by atoms with Crippen molar-refractivity contribution in [1.82, 2.24) is 14.9 Å². The molecular formula is C21H19F2N3O2. The second-order valence-corrected chi connectivity index (χ2v) is 6.03. The summed E-state index contributed by atoms with van der Waals surface area (Å²) >= 11 is 0. The van der Waals surface area contributed by atoms with Crippen molar-refractivity contribution < 1.29 is 18.3 Å². The van der Waals surface area contributed by atoms with Crippen molar-refractivity contribution in [3.63, 3.8) is 0 Å². The Kier molecular flexibility index (Phi) is 6.16. The van der Waals surface area contributed by atoms with Crippen LogP contribution in [0.1, 0.15) is 23.0 Å². The van der Waals surface area contributed by atoms with Gasteiger partial charge in [0, 0.05) is 25.5 Å². The summed E-state index contributed by atoms with van der Waals surface area (Å²) in [6, 6.07) is 15.2. The first-order valence-corrected chi connectivity index (χ1v) is 8.58. The van der Waals surface area contributed by atoms with Crippen molar-refractivity contribution in [1.29, 1.82) is 0 Å². The van der Waals surface area contributed by atoms with E-state index < -0.39 is 12.7 Å². The number of imidazole rings is 1. The number of alkyl halides is 2. The molecule has 144 valence electrons. The van der Waals surface area contributed by atoms with E-state index in [1.807, 2.05) is 48.1 Å². The molecule has 1 unspecified atom stereocenters. The number of rotatable bonds is 7. The normalized spacial score (nSPS) is 12.3. The van der Waals surface area contributed by atoms with Crippen molar-refractivity contribution in [2.24, 2.45) is 7.05 Å². The molecule has 1 N–H and O–H groups in total. The molecule has 28 heavy (non-hydrogen) atoms. The zero-order chi connectivity index (χ0) is 19.9. The third-order valence-electron chi connectivity index (χ3n) is 4.07. The van der Waals surface area contributed by atoms with Gasteiger partial charge in [-0.05, 0) is 29.3 Å². The van der Waals surface area contributed by atoms with E-state index in [1.165, 1.54) is 18.2 Å². The molecule has 0 aliphatic carbocycles. The maximum Gasteiger partial charge on any atom is 0.387 e. The maximum absolute atomic E-state index is 12.5. The summed E-state index contributed by atoms with van der Waals surface area (Å²) in [7, 11) is 1.86. The van der Waals surface area contributed by atoms with Crippen LogP contribution < -0.4 is 10.1 Å². The highest BCUT2D eigenvalue weighted by atomic mass is 19.3. The first-order chi connectivity index (χ1) is 13.5. The van der Waals surface area contributed by atoms with Gasteiger partial charge >= 0.3 is 6.61 Å². The first kappa shape index (κ1) is 19.3. The zero-order valence-electron chi connectivity index (χ0n) is 15.1. The average molecular weight is 383 g/mol. The van der Waals surface area contributed by atoms with Crippen LogP contribution in [0.2, 0.25) is 0 Å². The molecule has 0 spiro atoms. The van der Waals surface area contributed by atoms with Gasteiger partial charge in [0.25, 0.3) is 0 Å². The van der Waals surface area contributed by atoms with Crippen molar-refractivity contribution in [2.45, 2.75) is 12.7 Å². The number of carbonyl (C=O) groups excluding carboxylic acids is 1. The molecule has 3 aromatic rings. The molecule has 1 aromatic heterocycles. The van der Waals surface area contributed by atoms with E-state index in [1.54, 1.807) is 24.4 Å². The zero-order valence-corrected chi connectivity index (χ0v) is 15.1. The Balaban J connectivity index is 1.72. The minimum atomic E-state index is -2.87. The van der Waals surface area contributed by atoms with Gasteiger partial charge in [0.05, 0.1) is 0 Å². The molecule has 0 fully saturated rings. The van der Waals surface area contributed by atoms with E-state index >= 15 is 0 Å². The monoisotopic (exact) mass is 383 g/mol. The summed E-state index contributed by atoms with van der Waals surface area (Å²) in [5.74, 6) is 0.474. The summed E-state index contributed by atoms with van der Waals surface area (Å²) in [4.78, 5) is 16.8. The van der Waals surface area contributed by atoms with Crippen LogP contribution >= 0.6 is 0 Å². The SMILES string of the molecule is Cn1ccnc1C(NC(=O)/C=C/c1ccc(OC(F)F)cc1)c1ccccc1. The topological polar surface area (TPSA) is 56.2 Å². The highest BCUT2D eigenvalue weighted by Gasteiger charge is 2.19. The molecule has 5 nitrogen and oxygen atoms in total. The summed E-state index contributed by atoms with van der Waals surface area (Å²) in [6.07, 6.45) is 6.48. The molecule has 0 aliphatic rings. The summed E-state index contributed by atoms with van der Waals surface area (Å²) < 4.78 is 30.5. The van der Waals surface area contributed by atoms with Crippen LogP contribution in [0.15, 0.2) is 73.1 Å². The predicted molar refractivity (Wildman–Crippen MR) is 102 cm³/mol. The quantitative estimate of drug-likeness (QED) is 0.629. The van der Waals surface area contributed by atoms with Crippen LogP contribution in [0, 0.1) is 0 Å². The third kappa shape index (κ3) is 5.03. The molecule has 1 amide bonds. The van der Waals surface area contributed by atoms with Crippen molar-refractivity contribution in [3.05, 3.63) is 90.0 Å². The van der Waals surface area contributed by atoms with E-state index in [0.29, 0.717) is 11.4 Å². The Bertz CT molecular complexity index is 938. The number of aryl methyl sites for hydroxylation is 1. The van der Waals surface area contributed by atoms with Crippen LogP contribution in [0.3, 0.4) is 0 Å². The Morgan fingerprint density at radius 2 is 1.86 bits per heavy atom. The summed E-state index contributed by atoms with van der Waals surface area (Å²) in [5, 5.41) is 2.95. The van der Waals surface area contributed by atoms with Gasteiger partial charge in [0.1, 0.15) is 17.6 Å². The Morgan fingerprint density at radius 1 is 1.14 bits per heavy atom. The van der Waals surface area contributed by atoms with E-state index in [9.17, 15) is 13.6 Å². The van der Waals surface area contributed by atoms with Crippen LogP contribution in [-0.2, 0) is 11.8 Å². The number of hydrogen-bond donors (Lipinski definition) is 1. The number of nitrogens with zero attached hydrogens (tertiary/aromatic N) is 2. The Labute approximate surface area is 161 Å². The molecule has 7 heteroatoms. The van der Waals surface area contributed by atoms with Gasteiger partial charge in [-0.1, -0.05) is 42.5 Å². The highest BCUT2D eigenvalue weighted by molar-refractivity contribution is 5.92. The van der Waals surface area contributed by atoms with Gasteiger partial charge in [0.15, 0.2) is 0 Å². The lowest BCUT2D eigenvalue weighted by atomic mass is 10.1. The largest absolute Gasteiger partial charge is 0.435 e. The number of halogens is 2. The Morgan fingerprint density at radius 3 is 2.46 bits per heavy atom. The lowest BCUT2D eigenvalue weighted by Gasteiger charge is -2.18. The summed E-state index contributed by atoms with van der Waals surface area (Å²) in [5.41, 5.74) is 1.59. The molecular weight excluding hydrogens is 364 g/mol. The van der Waals surface area contributed by atoms with Gasteiger partial charge in [0.2, 0.25) is 5.91 Å². The number of benzene rings is 2. The van der Waals surface area contributed by atoms with Gasteiger partial charge in [-0.15, -0.1) is 0 Å². The lowest BCUT2D eigenvalue weighted by Crippen LogP contribution is -2.29. The summed E-state index contributed by atoms with van der Waals surface area (Å²) in [6.45, 7) is -2.87. The van der Waals surface area contributed by atoms with E-state index in [0.717, 1.165) is 5.56 Å². The number of carbonyl (C=O) groups is 1. The van der Waals surface area contributed by atoms with E-state index in [-0.39, 0.29) is 11.7 Å². The van der Waals surface area contributed by atoms with Crippen LogP contribution in [-0.4, -0.2) is 22.1 Å². The fourth-order valence-corrected chi connectivity index (χ4v) is 2.72. The van der Waals surface area contributed by atoms with Gasteiger partial charge in [-0.2, -0.15) is 8.78 Å². The van der Waals surface area contributed by atoms with Crippen LogP contribution in [0.25, 0.3) is 6.08 Å². The van der Waals surface area contributed by atoms with Gasteiger partial charge in [-0.3, -0.25) is 4.79 Å². The molecule has 3 rings (SSSR count). The molecule has 0 radical (unpaired) electrons. The molecule has 2 aromatic carbocycles. The molecule has 0 bridgehead atoms. The third-order valence-corrected chi connectivity index (χ3v) is 4.07. The highest BCUT2D eigenvalue weighted by Crippen LogP contribution is 2.20. The minimum Gasteiger partial charge on any atom is -0.435 e. The number of ether oxygens (including phenoxy) is 1. The lowest BCUT2D eigenvalue weighted by molar-refractivity contribution is -0.117. The molecule has 0 saturated heterocycles. The second kappa shape index (κ2) is 8.94. The molecule has 1 heterocycles. The van der Waals surface area contributed by atoms with Crippen molar-refractivity contribution in [2.75, 3.05) is 0 Å².